The predicted molar refractivity (Wildman–Crippen MR) is 106 cm³/mol. The van der Waals surface area contributed by atoms with Crippen molar-refractivity contribution in [3.63, 3.8) is 0 Å². The highest BCUT2D eigenvalue weighted by molar-refractivity contribution is 6.35. The Bertz CT molecular complexity index is 1130. The molecule has 0 atom stereocenters. The van der Waals surface area contributed by atoms with Gasteiger partial charge in [0.05, 0.1) is 30.5 Å². The van der Waals surface area contributed by atoms with Gasteiger partial charge in [0.15, 0.2) is 17.1 Å². The molecular formula is C20H17ClFN3O5. The minimum Gasteiger partial charge on any atom is -0.465 e. The summed E-state index contributed by atoms with van der Waals surface area (Å²) in [5.74, 6) is -0.801. The molecule has 0 unspecified atom stereocenters. The second-order valence-electron chi connectivity index (χ2n) is 6.68. The van der Waals surface area contributed by atoms with E-state index in [4.69, 9.17) is 25.9 Å². The Labute approximate surface area is 175 Å². The van der Waals surface area contributed by atoms with Crippen LogP contribution in [-0.4, -0.2) is 53.3 Å². The molecule has 0 radical (unpaired) electrons. The summed E-state index contributed by atoms with van der Waals surface area (Å²) in [4.78, 5) is 29.1. The SMILES string of the molecule is O=C(O)NCc1cc2cc(-c3ccc(F)c(C(=O)N4CCOCC4)n3)cc(Cl)c2o1. The molecule has 3 heterocycles. The van der Waals surface area contributed by atoms with Crippen molar-refractivity contribution in [2.24, 2.45) is 0 Å². The van der Waals surface area contributed by atoms with Gasteiger partial charge < -0.3 is 24.5 Å². The molecule has 0 spiro atoms. The first-order chi connectivity index (χ1) is 14.4. The standard InChI is InChI=1S/C20H17ClFN3O5/c21-14-9-11(7-12-8-13(30-18(12)14)10-23-20(27)28)16-2-1-15(22)17(24-16)19(26)25-3-5-29-6-4-25/h1-2,7-9,23H,3-6,10H2,(H,27,28). The number of pyridine rings is 1. The van der Waals surface area contributed by atoms with Crippen LogP contribution in [0.4, 0.5) is 9.18 Å². The fourth-order valence-corrected chi connectivity index (χ4v) is 3.50. The molecule has 1 fully saturated rings. The van der Waals surface area contributed by atoms with Gasteiger partial charge in [0, 0.05) is 24.0 Å². The zero-order valence-electron chi connectivity index (χ0n) is 15.7. The summed E-state index contributed by atoms with van der Waals surface area (Å²) in [5, 5.41) is 11.9. The zero-order valence-corrected chi connectivity index (χ0v) is 16.4. The summed E-state index contributed by atoms with van der Waals surface area (Å²) in [7, 11) is 0. The summed E-state index contributed by atoms with van der Waals surface area (Å²) in [6, 6.07) is 7.66. The van der Waals surface area contributed by atoms with E-state index in [0.717, 1.165) is 0 Å². The normalized spacial score (nSPS) is 14.1. The number of halogens is 2. The van der Waals surface area contributed by atoms with Gasteiger partial charge in [-0.25, -0.2) is 14.2 Å². The van der Waals surface area contributed by atoms with Gasteiger partial charge in [-0.1, -0.05) is 11.6 Å². The van der Waals surface area contributed by atoms with Gasteiger partial charge in [-0.15, -0.1) is 0 Å². The maximum absolute atomic E-state index is 14.3. The van der Waals surface area contributed by atoms with Crippen LogP contribution in [-0.2, 0) is 11.3 Å². The predicted octanol–water partition coefficient (Wildman–Crippen LogP) is 3.53. The number of morpholine rings is 1. The van der Waals surface area contributed by atoms with Crippen molar-refractivity contribution in [3.8, 4) is 11.3 Å². The molecule has 2 aromatic heterocycles. The average Bonchev–Trinajstić information content (AvgIpc) is 3.16. The second-order valence-corrected chi connectivity index (χ2v) is 7.09. The number of nitrogens with zero attached hydrogens (tertiary/aromatic N) is 2. The Morgan fingerprint density at radius 1 is 1.23 bits per heavy atom. The molecule has 30 heavy (non-hydrogen) atoms. The molecule has 3 aromatic rings. The van der Waals surface area contributed by atoms with E-state index in [2.05, 4.69) is 10.3 Å². The Morgan fingerprint density at radius 3 is 2.73 bits per heavy atom. The summed E-state index contributed by atoms with van der Waals surface area (Å²) in [6.45, 7) is 1.55. The van der Waals surface area contributed by atoms with Crippen LogP contribution in [0.15, 0.2) is 34.7 Å². The molecule has 4 rings (SSSR count). The lowest BCUT2D eigenvalue weighted by atomic mass is 10.1. The van der Waals surface area contributed by atoms with Gasteiger partial charge >= 0.3 is 6.09 Å². The van der Waals surface area contributed by atoms with Crippen LogP contribution in [0, 0.1) is 5.82 Å². The van der Waals surface area contributed by atoms with Gasteiger partial charge in [-0.2, -0.15) is 0 Å². The molecular weight excluding hydrogens is 417 g/mol. The van der Waals surface area contributed by atoms with Crippen LogP contribution in [0.5, 0.6) is 0 Å². The maximum Gasteiger partial charge on any atom is 0.405 e. The minimum atomic E-state index is -1.17. The van der Waals surface area contributed by atoms with E-state index in [0.29, 0.717) is 54.3 Å². The van der Waals surface area contributed by atoms with E-state index in [1.165, 1.54) is 17.0 Å². The van der Waals surface area contributed by atoms with Crippen LogP contribution in [0.2, 0.25) is 5.02 Å². The largest absolute Gasteiger partial charge is 0.465 e. The Morgan fingerprint density at radius 2 is 2.00 bits per heavy atom. The topological polar surface area (TPSA) is 105 Å². The number of aromatic nitrogens is 1. The summed E-state index contributed by atoms with van der Waals surface area (Å²) in [6.07, 6.45) is -1.17. The van der Waals surface area contributed by atoms with E-state index >= 15 is 0 Å². The highest BCUT2D eigenvalue weighted by Gasteiger charge is 2.23. The van der Waals surface area contributed by atoms with Crippen LogP contribution in [0.3, 0.4) is 0 Å². The van der Waals surface area contributed by atoms with Crippen molar-refractivity contribution >= 4 is 34.6 Å². The number of furan rings is 1. The molecule has 1 saturated heterocycles. The Hall–Kier alpha value is -3.17. The van der Waals surface area contributed by atoms with Crippen LogP contribution < -0.4 is 5.32 Å². The molecule has 1 aromatic carbocycles. The molecule has 0 saturated carbocycles. The summed E-state index contributed by atoms with van der Waals surface area (Å²) in [5.41, 5.74) is 1.09. The van der Waals surface area contributed by atoms with Crippen molar-refractivity contribution in [1.82, 2.24) is 15.2 Å². The first-order valence-electron chi connectivity index (χ1n) is 9.15. The van der Waals surface area contributed by atoms with E-state index in [1.807, 2.05) is 0 Å². The number of benzene rings is 1. The van der Waals surface area contributed by atoms with E-state index in [1.54, 1.807) is 18.2 Å². The number of nitrogens with one attached hydrogen (secondary N) is 1. The lowest BCUT2D eigenvalue weighted by Gasteiger charge is -2.26. The van der Waals surface area contributed by atoms with Crippen molar-refractivity contribution < 1.29 is 28.2 Å². The van der Waals surface area contributed by atoms with Crippen LogP contribution in [0.25, 0.3) is 22.2 Å². The zero-order chi connectivity index (χ0) is 21.3. The summed E-state index contributed by atoms with van der Waals surface area (Å²) >= 11 is 6.32. The first kappa shape index (κ1) is 20.1. The molecule has 0 aliphatic carbocycles. The summed E-state index contributed by atoms with van der Waals surface area (Å²) < 4.78 is 25.2. The molecule has 0 bridgehead atoms. The second kappa shape index (κ2) is 8.29. The molecule has 2 amide bonds. The highest BCUT2D eigenvalue weighted by atomic mass is 35.5. The number of carbonyl (C=O) groups excluding carboxylic acids is 1. The molecule has 10 heteroatoms. The lowest BCUT2D eigenvalue weighted by Crippen LogP contribution is -2.41. The first-order valence-corrected chi connectivity index (χ1v) is 9.53. The maximum atomic E-state index is 14.3. The van der Waals surface area contributed by atoms with Gasteiger partial charge in [-0.05, 0) is 30.3 Å². The Balaban J connectivity index is 1.67. The molecule has 156 valence electrons. The van der Waals surface area contributed by atoms with E-state index in [9.17, 15) is 14.0 Å². The third-order valence-corrected chi connectivity index (χ3v) is 4.96. The number of rotatable bonds is 4. The monoisotopic (exact) mass is 433 g/mol. The molecule has 1 aliphatic rings. The van der Waals surface area contributed by atoms with Gasteiger partial charge in [-0.3, -0.25) is 4.79 Å². The number of hydrogen-bond donors (Lipinski definition) is 2. The number of hydrogen-bond acceptors (Lipinski definition) is 5. The number of amides is 2. The fourth-order valence-electron chi connectivity index (χ4n) is 3.23. The van der Waals surface area contributed by atoms with Gasteiger partial charge in [0.1, 0.15) is 5.76 Å². The fraction of sp³-hybridized carbons (Fsp3) is 0.250. The highest BCUT2D eigenvalue weighted by Crippen LogP contribution is 2.32. The third kappa shape index (κ3) is 4.07. The molecule has 1 aliphatic heterocycles. The smallest absolute Gasteiger partial charge is 0.405 e. The minimum absolute atomic E-state index is 0.0112. The van der Waals surface area contributed by atoms with Crippen molar-refractivity contribution in [1.29, 1.82) is 0 Å². The Kier molecular flexibility index (Phi) is 5.56. The molecule has 8 nitrogen and oxygen atoms in total. The van der Waals surface area contributed by atoms with E-state index < -0.39 is 17.8 Å². The number of ether oxygens (including phenoxy) is 1. The van der Waals surface area contributed by atoms with E-state index in [-0.39, 0.29) is 17.3 Å². The van der Waals surface area contributed by atoms with Crippen LogP contribution >= 0.6 is 11.6 Å². The quantitative estimate of drug-likeness (QED) is 0.652. The average molecular weight is 434 g/mol. The third-order valence-electron chi connectivity index (χ3n) is 4.68. The van der Waals surface area contributed by atoms with Crippen LogP contribution in [0.1, 0.15) is 16.2 Å². The molecule has 2 N–H and O–H groups in total. The van der Waals surface area contributed by atoms with Crippen molar-refractivity contribution in [2.45, 2.75) is 6.54 Å². The number of carboxylic acid groups (broad SMARTS) is 1. The lowest BCUT2D eigenvalue weighted by molar-refractivity contribution is 0.0296. The van der Waals surface area contributed by atoms with Crippen molar-refractivity contribution in [3.05, 3.63) is 52.6 Å². The van der Waals surface area contributed by atoms with Crippen molar-refractivity contribution in [2.75, 3.05) is 26.3 Å². The number of fused-ring (bicyclic) bond motifs is 1. The van der Waals surface area contributed by atoms with Gasteiger partial charge in [0.25, 0.3) is 5.91 Å². The number of carbonyl (C=O) groups is 2. The van der Waals surface area contributed by atoms with Gasteiger partial charge in [0.2, 0.25) is 0 Å².